The van der Waals surface area contributed by atoms with Crippen LogP contribution in [-0.4, -0.2) is 41.4 Å². The normalized spacial score (nSPS) is 15.4. The van der Waals surface area contributed by atoms with Crippen LogP contribution in [0.3, 0.4) is 0 Å². The van der Waals surface area contributed by atoms with E-state index in [-0.39, 0.29) is 23.2 Å². The van der Waals surface area contributed by atoms with Gasteiger partial charge in [0.15, 0.2) is 11.5 Å². The van der Waals surface area contributed by atoms with Crippen molar-refractivity contribution >= 4 is 5.91 Å². The summed E-state index contributed by atoms with van der Waals surface area (Å²) < 4.78 is 12.2. The van der Waals surface area contributed by atoms with E-state index in [0.29, 0.717) is 24.5 Å². The number of hydrogen-bond donors (Lipinski definition) is 0. The lowest BCUT2D eigenvalue weighted by Crippen LogP contribution is -2.41. The van der Waals surface area contributed by atoms with Crippen molar-refractivity contribution in [2.45, 2.75) is 12.5 Å². The van der Waals surface area contributed by atoms with E-state index in [9.17, 15) is 9.59 Å². The Labute approximate surface area is 174 Å². The molecule has 0 saturated carbocycles. The second-order valence-electron chi connectivity index (χ2n) is 7.15. The van der Waals surface area contributed by atoms with Crippen molar-refractivity contribution in [3.8, 4) is 11.5 Å². The van der Waals surface area contributed by atoms with Crippen LogP contribution in [0.5, 0.6) is 11.5 Å². The van der Waals surface area contributed by atoms with E-state index < -0.39 is 0 Å². The summed E-state index contributed by atoms with van der Waals surface area (Å²) in [5.41, 5.74) is 3.07. The van der Waals surface area contributed by atoms with Gasteiger partial charge in [0, 0.05) is 19.7 Å². The minimum absolute atomic E-state index is 0.222. The molecule has 7 nitrogen and oxygen atoms in total. The Morgan fingerprint density at radius 1 is 1.03 bits per heavy atom. The van der Waals surface area contributed by atoms with E-state index in [1.807, 2.05) is 42.5 Å². The maximum atomic E-state index is 13.4. The van der Waals surface area contributed by atoms with Gasteiger partial charge in [-0.3, -0.25) is 9.59 Å². The van der Waals surface area contributed by atoms with Gasteiger partial charge in [-0.2, -0.15) is 5.10 Å². The molecule has 3 aromatic rings. The molecule has 0 N–H and O–H groups in total. The van der Waals surface area contributed by atoms with Gasteiger partial charge >= 0.3 is 0 Å². The molecule has 1 amide bonds. The molecule has 0 spiro atoms. The third-order valence-electron chi connectivity index (χ3n) is 5.43. The predicted octanol–water partition coefficient (Wildman–Crippen LogP) is 2.59. The maximum Gasteiger partial charge on any atom is 0.275 e. The third kappa shape index (κ3) is 3.43. The number of hydrogen-bond acceptors (Lipinski definition) is 5. The second kappa shape index (κ2) is 8.02. The Morgan fingerprint density at radius 2 is 1.73 bits per heavy atom. The number of amides is 1. The van der Waals surface area contributed by atoms with E-state index in [1.165, 1.54) is 23.9 Å². The number of aryl methyl sites for hydroxylation is 1. The molecule has 0 radical (unpaired) electrons. The van der Waals surface area contributed by atoms with Crippen LogP contribution in [0.4, 0.5) is 0 Å². The molecule has 1 aliphatic heterocycles. The van der Waals surface area contributed by atoms with Gasteiger partial charge in [0.05, 0.1) is 20.3 Å². The van der Waals surface area contributed by atoms with Gasteiger partial charge in [-0.25, -0.2) is 4.68 Å². The topological polar surface area (TPSA) is 73.7 Å². The van der Waals surface area contributed by atoms with Crippen LogP contribution in [0.2, 0.25) is 0 Å². The van der Waals surface area contributed by atoms with Crippen molar-refractivity contribution in [1.29, 1.82) is 0 Å². The average molecular weight is 405 g/mol. The number of methoxy groups -OCH3 is 2. The lowest BCUT2D eigenvalue weighted by atomic mass is 9.87. The van der Waals surface area contributed by atoms with Gasteiger partial charge in [-0.05, 0) is 41.3 Å². The molecule has 0 aliphatic carbocycles. The molecule has 0 fully saturated rings. The van der Waals surface area contributed by atoms with Crippen LogP contribution < -0.4 is 15.0 Å². The second-order valence-corrected chi connectivity index (χ2v) is 7.15. The number of ether oxygens (including phenoxy) is 2. The highest BCUT2D eigenvalue weighted by Crippen LogP contribution is 2.41. The van der Waals surface area contributed by atoms with Crippen molar-refractivity contribution in [2.75, 3.05) is 20.8 Å². The molecule has 30 heavy (non-hydrogen) atoms. The molecule has 2 heterocycles. The summed E-state index contributed by atoms with van der Waals surface area (Å²) in [6.45, 7) is 0.519. The predicted molar refractivity (Wildman–Crippen MR) is 112 cm³/mol. The Kier molecular flexibility index (Phi) is 5.27. The van der Waals surface area contributed by atoms with E-state index in [1.54, 1.807) is 19.1 Å². The molecule has 4 rings (SSSR count). The van der Waals surface area contributed by atoms with Crippen LogP contribution in [0.1, 0.15) is 33.2 Å². The van der Waals surface area contributed by atoms with Crippen molar-refractivity contribution in [2.24, 2.45) is 7.05 Å². The zero-order valence-corrected chi connectivity index (χ0v) is 17.2. The smallest absolute Gasteiger partial charge is 0.275 e. The van der Waals surface area contributed by atoms with Crippen LogP contribution >= 0.6 is 0 Å². The first-order valence-electron chi connectivity index (χ1n) is 9.68. The van der Waals surface area contributed by atoms with Gasteiger partial charge in [-0.15, -0.1) is 0 Å². The molecule has 0 saturated heterocycles. The molecule has 7 heteroatoms. The summed E-state index contributed by atoms with van der Waals surface area (Å²) in [7, 11) is 4.75. The number of fused-ring (bicyclic) bond motifs is 1. The highest BCUT2D eigenvalue weighted by atomic mass is 16.5. The highest BCUT2D eigenvalue weighted by Gasteiger charge is 2.34. The fraction of sp³-hybridized carbons (Fsp3) is 0.261. The Hall–Kier alpha value is -3.61. The van der Waals surface area contributed by atoms with Crippen molar-refractivity contribution in [1.82, 2.24) is 14.7 Å². The quantitative estimate of drug-likeness (QED) is 0.667. The molecular formula is C23H23N3O4. The fourth-order valence-electron chi connectivity index (χ4n) is 3.92. The molecule has 0 bridgehead atoms. The van der Waals surface area contributed by atoms with E-state index in [0.717, 1.165) is 16.7 Å². The van der Waals surface area contributed by atoms with Crippen LogP contribution in [0, 0.1) is 0 Å². The zero-order chi connectivity index (χ0) is 21.3. The summed E-state index contributed by atoms with van der Waals surface area (Å²) in [4.78, 5) is 26.9. The van der Waals surface area contributed by atoms with Gasteiger partial charge < -0.3 is 14.4 Å². The van der Waals surface area contributed by atoms with Crippen LogP contribution in [0.25, 0.3) is 0 Å². The first-order chi connectivity index (χ1) is 14.5. The van der Waals surface area contributed by atoms with E-state index >= 15 is 0 Å². The maximum absolute atomic E-state index is 13.4. The highest BCUT2D eigenvalue weighted by molar-refractivity contribution is 5.93. The van der Waals surface area contributed by atoms with Crippen molar-refractivity contribution in [3.63, 3.8) is 0 Å². The number of carbonyl (C=O) groups is 1. The van der Waals surface area contributed by atoms with Crippen molar-refractivity contribution < 1.29 is 14.3 Å². The van der Waals surface area contributed by atoms with Gasteiger partial charge in [0.2, 0.25) is 0 Å². The zero-order valence-electron chi connectivity index (χ0n) is 17.2. The average Bonchev–Trinajstić information content (AvgIpc) is 2.79. The molecular weight excluding hydrogens is 382 g/mol. The van der Waals surface area contributed by atoms with Gasteiger partial charge in [0.1, 0.15) is 5.69 Å². The third-order valence-corrected chi connectivity index (χ3v) is 5.43. The largest absolute Gasteiger partial charge is 0.493 e. The summed E-state index contributed by atoms with van der Waals surface area (Å²) >= 11 is 0. The first kappa shape index (κ1) is 19.7. The SMILES string of the molecule is COc1cc2c(cc1OC)[C@H](c1ccccc1)N(C(=O)c1ccc(=O)n(C)n1)CC2. The number of carbonyl (C=O) groups excluding carboxylic acids is 1. The number of benzene rings is 2. The van der Waals surface area contributed by atoms with E-state index in [2.05, 4.69) is 5.10 Å². The summed E-state index contributed by atoms with van der Waals surface area (Å²) in [5, 5.41) is 4.16. The minimum Gasteiger partial charge on any atom is -0.493 e. The van der Waals surface area contributed by atoms with Crippen LogP contribution in [-0.2, 0) is 13.5 Å². The molecule has 1 aliphatic rings. The van der Waals surface area contributed by atoms with Gasteiger partial charge in [0.25, 0.3) is 11.5 Å². The standard InChI is InChI=1S/C23H23N3O4/c1-25-21(27)10-9-18(24-25)23(28)26-12-11-16-13-19(29-2)20(30-3)14-17(16)22(26)15-7-5-4-6-8-15/h4-10,13-14,22H,11-12H2,1-3H3/t22-/m0/s1. The summed E-state index contributed by atoms with van der Waals surface area (Å²) in [6, 6.07) is 16.3. The monoisotopic (exact) mass is 405 g/mol. The lowest BCUT2D eigenvalue weighted by molar-refractivity contribution is 0.0685. The summed E-state index contributed by atoms with van der Waals surface area (Å²) in [6.07, 6.45) is 0.677. The molecule has 154 valence electrons. The number of aromatic nitrogens is 2. The fourth-order valence-corrected chi connectivity index (χ4v) is 3.92. The van der Waals surface area contributed by atoms with Gasteiger partial charge in [-0.1, -0.05) is 30.3 Å². The summed E-state index contributed by atoms with van der Waals surface area (Å²) in [5.74, 6) is 1.06. The Bertz CT molecular complexity index is 1140. The van der Waals surface area contributed by atoms with Crippen molar-refractivity contribution in [3.05, 3.63) is 87.3 Å². The molecule has 0 unspecified atom stereocenters. The number of rotatable bonds is 4. The lowest BCUT2D eigenvalue weighted by Gasteiger charge is -2.38. The van der Waals surface area contributed by atoms with Crippen LogP contribution in [0.15, 0.2) is 59.4 Å². The minimum atomic E-state index is -0.304. The Balaban J connectivity index is 1.84. The molecule has 1 aromatic heterocycles. The van der Waals surface area contributed by atoms with E-state index in [4.69, 9.17) is 9.47 Å². The first-order valence-corrected chi connectivity index (χ1v) is 9.68. The Morgan fingerprint density at radius 3 is 2.40 bits per heavy atom. The molecule has 1 atom stereocenters. The molecule has 2 aromatic carbocycles. The number of nitrogens with zero attached hydrogens (tertiary/aromatic N) is 3.